The van der Waals surface area contributed by atoms with Gasteiger partial charge in [-0.05, 0) is 26.8 Å². The fourth-order valence-electron chi connectivity index (χ4n) is 2.37. The smallest absolute Gasteiger partial charge is 0.0801 e. The molecule has 0 unspecified atom stereocenters. The molecular formula is C14H21NO2. The van der Waals surface area contributed by atoms with Crippen molar-refractivity contribution in [3.8, 4) is 0 Å². The van der Waals surface area contributed by atoms with Gasteiger partial charge in [-0.3, -0.25) is 0 Å². The Kier molecular flexibility index (Phi) is 3.40. The normalized spacial score (nSPS) is 19.4. The van der Waals surface area contributed by atoms with Gasteiger partial charge >= 0.3 is 0 Å². The lowest BCUT2D eigenvalue weighted by atomic mass is 10.0. The number of anilines is 1. The van der Waals surface area contributed by atoms with Gasteiger partial charge in [0.25, 0.3) is 0 Å². The van der Waals surface area contributed by atoms with E-state index in [-0.39, 0.29) is 12.2 Å². The molecule has 3 heteroatoms. The number of morpholine rings is 1. The van der Waals surface area contributed by atoms with Crippen LogP contribution in [0, 0.1) is 6.92 Å². The minimum absolute atomic E-state index is 0.0921. The molecule has 1 N–H and O–H groups in total. The highest BCUT2D eigenvalue weighted by Gasteiger charge is 2.28. The first-order valence-electron chi connectivity index (χ1n) is 6.11. The molecule has 3 nitrogen and oxygen atoms in total. The van der Waals surface area contributed by atoms with E-state index in [1.165, 1.54) is 5.56 Å². The minimum atomic E-state index is -0.115. The van der Waals surface area contributed by atoms with E-state index in [2.05, 4.69) is 36.9 Å². The van der Waals surface area contributed by atoms with Gasteiger partial charge in [0.2, 0.25) is 0 Å². The maximum absolute atomic E-state index is 9.45. The zero-order chi connectivity index (χ0) is 12.5. The van der Waals surface area contributed by atoms with Crippen LogP contribution < -0.4 is 4.90 Å². The van der Waals surface area contributed by atoms with Gasteiger partial charge in [-0.1, -0.05) is 17.7 Å². The summed E-state index contributed by atoms with van der Waals surface area (Å²) >= 11 is 0. The number of hydrogen-bond acceptors (Lipinski definition) is 3. The topological polar surface area (TPSA) is 32.7 Å². The molecule has 1 fully saturated rings. The Bertz CT molecular complexity index is 401. The molecule has 0 atom stereocenters. The number of aliphatic hydroxyl groups is 1. The van der Waals surface area contributed by atoms with Crippen molar-refractivity contribution in [3.63, 3.8) is 0 Å². The lowest BCUT2D eigenvalue weighted by molar-refractivity contribution is -0.0277. The predicted molar refractivity (Wildman–Crippen MR) is 69.3 cm³/mol. The van der Waals surface area contributed by atoms with Gasteiger partial charge in [-0.25, -0.2) is 0 Å². The number of ether oxygens (including phenoxy) is 1. The number of nitrogens with zero attached hydrogens (tertiary/aromatic N) is 1. The van der Waals surface area contributed by atoms with E-state index >= 15 is 0 Å². The summed E-state index contributed by atoms with van der Waals surface area (Å²) < 4.78 is 5.71. The van der Waals surface area contributed by atoms with Crippen molar-refractivity contribution in [2.24, 2.45) is 0 Å². The van der Waals surface area contributed by atoms with Crippen molar-refractivity contribution in [2.75, 3.05) is 24.6 Å². The van der Waals surface area contributed by atoms with Crippen molar-refractivity contribution in [1.29, 1.82) is 0 Å². The summed E-state index contributed by atoms with van der Waals surface area (Å²) in [6, 6.07) is 6.25. The third kappa shape index (κ3) is 2.79. The fraction of sp³-hybridized carbons (Fsp3) is 0.571. The van der Waals surface area contributed by atoms with Gasteiger partial charge in [0, 0.05) is 24.3 Å². The van der Waals surface area contributed by atoms with Crippen LogP contribution in [-0.4, -0.2) is 30.4 Å². The van der Waals surface area contributed by atoms with E-state index in [9.17, 15) is 5.11 Å². The molecule has 1 heterocycles. The Morgan fingerprint density at radius 2 is 2.18 bits per heavy atom. The van der Waals surface area contributed by atoms with Crippen molar-refractivity contribution in [1.82, 2.24) is 0 Å². The molecule has 0 amide bonds. The Morgan fingerprint density at radius 3 is 2.82 bits per heavy atom. The van der Waals surface area contributed by atoms with Crippen molar-refractivity contribution < 1.29 is 9.84 Å². The molecule has 0 spiro atoms. The van der Waals surface area contributed by atoms with E-state index in [0.29, 0.717) is 0 Å². The summed E-state index contributed by atoms with van der Waals surface area (Å²) in [5.41, 5.74) is 3.21. The van der Waals surface area contributed by atoms with Gasteiger partial charge in [-0.15, -0.1) is 0 Å². The summed E-state index contributed by atoms with van der Waals surface area (Å²) in [6.07, 6.45) is 0. The average molecular weight is 235 g/mol. The maximum atomic E-state index is 9.45. The second-order valence-corrected chi connectivity index (χ2v) is 5.32. The van der Waals surface area contributed by atoms with Crippen LogP contribution in [0.25, 0.3) is 0 Å². The van der Waals surface area contributed by atoms with E-state index < -0.39 is 0 Å². The highest BCUT2D eigenvalue weighted by atomic mass is 16.5. The minimum Gasteiger partial charge on any atom is -0.392 e. The van der Waals surface area contributed by atoms with Gasteiger partial charge < -0.3 is 14.7 Å². The molecule has 1 aromatic rings. The molecule has 1 aliphatic heterocycles. The van der Waals surface area contributed by atoms with Crippen LogP contribution in [0.3, 0.4) is 0 Å². The molecule has 1 aromatic carbocycles. The Morgan fingerprint density at radius 1 is 1.41 bits per heavy atom. The molecule has 0 saturated carbocycles. The molecule has 0 bridgehead atoms. The predicted octanol–water partition coefficient (Wildman–Crippen LogP) is 2.10. The third-order valence-electron chi connectivity index (χ3n) is 3.17. The number of rotatable bonds is 2. The SMILES string of the molecule is Cc1ccc(N2CCOC(C)(C)C2)c(CO)c1. The molecule has 2 rings (SSSR count). The second kappa shape index (κ2) is 4.67. The van der Waals surface area contributed by atoms with Gasteiger partial charge in [0.1, 0.15) is 0 Å². The van der Waals surface area contributed by atoms with Crippen LogP contribution >= 0.6 is 0 Å². The van der Waals surface area contributed by atoms with Crippen LogP contribution in [-0.2, 0) is 11.3 Å². The molecule has 0 aliphatic carbocycles. The molecule has 1 aliphatic rings. The summed E-state index contributed by atoms with van der Waals surface area (Å²) in [6.45, 7) is 8.84. The molecule has 0 aromatic heterocycles. The third-order valence-corrected chi connectivity index (χ3v) is 3.17. The molecular weight excluding hydrogens is 214 g/mol. The van der Waals surface area contributed by atoms with E-state index in [0.717, 1.165) is 30.9 Å². The first kappa shape index (κ1) is 12.4. The van der Waals surface area contributed by atoms with E-state index in [1.54, 1.807) is 0 Å². The average Bonchev–Trinajstić information content (AvgIpc) is 2.27. The van der Waals surface area contributed by atoms with Crippen LogP contribution in [0.5, 0.6) is 0 Å². The molecule has 0 radical (unpaired) electrons. The largest absolute Gasteiger partial charge is 0.392 e. The van der Waals surface area contributed by atoms with Crippen LogP contribution in [0.2, 0.25) is 0 Å². The molecule has 17 heavy (non-hydrogen) atoms. The van der Waals surface area contributed by atoms with Crippen molar-refractivity contribution >= 4 is 5.69 Å². The quantitative estimate of drug-likeness (QED) is 0.852. The van der Waals surface area contributed by atoms with Gasteiger partial charge in [0.05, 0.1) is 18.8 Å². The van der Waals surface area contributed by atoms with E-state index in [1.807, 2.05) is 6.92 Å². The maximum Gasteiger partial charge on any atom is 0.0801 e. The first-order chi connectivity index (χ1) is 8.02. The lowest BCUT2D eigenvalue weighted by Gasteiger charge is -2.40. The Balaban J connectivity index is 2.27. The Hall–Kier alpha value is -1.06. The zero-order valence-corrected chi connectivity index (χ0v) is 10.9. The molecule has 1 saturated heterocycles. The van der Waals surface area contributed by atoms with Crippen LogP contribution in [0.15, 0.2) is 18.2 Å². The summed E-state index contributed by atoms with van der Waals surface area (Å²) in [5.74, 6) is 0. The summed E-state index contributed by atoms with van der Waals surface area (Å²) in [7, 11) is 0. The number of hydrogen-bond donors (Lipinski definition) is 1. The fourth-order valence-corrected chi connectivity index (χ4v) is 2.37. The summed E-state index contributed by atoms with van der Waals surface area (Å²) in [5, 5.41) is 9.45. The Labute approximate surface area is 103 Å². The lowest BCUT2D eigenvalue weighted by Crippen LogP contribution is -2.48. The van der Waals surface area contributed by atoms with Gasteiger partial charge in [-0.2, -0.15) is 0 Å². The van der Waals surface area contributed by atoms with Crippen molar-refractivity contribution in [3.05, 3.63) is 29.3 Å². The zero-order valence-electron chi connectivity index (χ0n) is 10.9. The highest BCUT2D eigenvalue weighted by Crippen LogP contribution is 2.27. The standard InChI is InChI=1S/C14H21NO2/c1-11-4-5-13(12(8-11)9-16)15-6-7-17-14(2,3)10-15/h4-5,8,16H,6-7,9-10H2,1-3H3. The highest BCUT2D eigenvalue weighted by molar-refractivity contribution is 5.55. The number of aryl methyl sites for hydroxylation is 1. The monoisotopic (exact) mass is 235 g/mol. The van der Waals surface area contributed by atoms with E-state index in [4.69, 9.17) is 4.74 Å². The number of aliphatic hydroxyl groups excluding tert-OH is 1. The number of benzene rings is 1. The van der Waals surface area contributed by atoms with Crippen LogP contribution in [0.1, 0.15) is 25.0 Å². The summed E-state index contributed by atoms with van der Waals surface area (Å²) in [4.78, 5) is 2.30. The second-order valence-electron chi connectivity index (χ2n) is 5.32. The molecule has 94 valence electrons. The van der Waals surface area contributed by atoms with Crippen molar-refractivity contribution in [2.45, 2.75) is 33.0 Å². The first-order valence-corrected chi connectivity index (χ1v) is 6.11. The van der Waals surface area contributed by atoms with Crippen LogP contribution in [0.4, 0.5) is 5.69 Å². The van der Waals surface area contributed by atoms with Gasteiger partial charge in [0.15, 0.2) is 0 Å².